The van der Waals surface area contributed by atoms with E-state index in [1.54, 1.807) is 30.3 Å². The van der Waals surface area contributed by atoms with Gasteiger partial charge < -0.3 is 14.5 Å². The summed E-state index contributed by atoms with van der Waals surface area (Å²) in [5, 5.41) is 12.0. The summed E-state index contributed by atoms with van der Waals surface area (Å²) in [5.41, 5.74) is -0.649. The molecule has 0 atom stereocenters. The monoisotopic (exact) mass is 446 g/mol. The van der Waals surface area contributed by atoms with E-state index in [1.807, 2.05) is 0 Å². The van der Waals surface area contributed by atoms with Gasteiger partial charge in [-0.25, -0.2) is 0 Å². The summed E-state index contributed by atoms with van der Waals surface area (Å²) in [7, 11) is 1.51. The highest BCUT2D eigenvalue weighted by atomic mass is 35.5. The number of hydrogen-bond donors (Lipinski definition) is 1. The van der Waals surface area contributed by atoms with Gasteiger partial charge in [0.25, 0.3) is 5.91 Å². The fraction of sp³-hybridized carbons (Fsp3) is 0.0909. The van der Waals surface area contributed by atoms with Gasteiger partial charge in [0.05, 0.1) is 17.7 Å². The minimum absolute atomic E-state index is 0.0392. The first-order valence-electron chi connectivity index (χ1n) is 8.75. The van der Waals surface area contributed by atoms with Crippen LogP contribution in [-0.2, 0) is 11.0 Å². The molecule has 1 amide bonds. The molecule has 0 aliphatic heterocycles. The summed E-state index contributed by atoms with van der Waals surface area (Å²) < 4.78 is 49.5. The third-order valence-electron chi connectivity index (χ3n) is 4.19. The second kappa shape index (κ2) is 8.98. The number of furan rings is 1. The van der Waals surface area contributed by atoms with Crippen molar-refractivity contribution in [1.82, 2.24) is 0 Å². The van der Waals surface area contributed by atoms with E-state index >= 15 is 0 Å². The molecule has 0 fully saturated rings. The molecule has 0 spiro atoms. The number of alkyl halides is 3. The van der Waals surface area contributed by atoms with Crippen LogP contribution in [0, 0.1) is 11.3 Å². The zero-order valence-electron chi connectivity index (χ0n) is 16.0. The number of amides is 1. The average molecular weight is 447 g/mol. The molecule has 158 valence electrons. The minimum Gasteiger partial charge on any atom is -0.497 e. The molecule has 0 aliphatic rings. The fourth-order valence-electron chi connectivity index (χ4n) is 2.63. The first-order valence-corrected chi connectivity index (χ1v) is 9.13. The molecule has 3 aromatic rings. The Kier molecular flexibility index (Phi) is 6.37. The number of hydrogen-bond acceptors (Lipinski definition) is 4. The number of ether oxygens (including phenoxy) is 1. The standard InChI is InChI=1S/C22H14ClF3N2O3/c1-30-16-5-3-15(4-6-16)28-21(29)13(12-27)10-17-7-9-20(31-17)18-11-14(22(24,25)26)2-8-19(18)23/h2-11H,1H3,(H,28,29)/b13-10+. The molecule has 1 heterocycles. The van der Waals surface area contributed by atoms with Crippen LogP contribution < -0.4 is 10.1 Å². The molecule has 9 heteroatoms. The van der Waals surface area contributed by atoms with E-state index < -0.39 is 17.6 Å². The second-order valence-corrected chi connectivity index (χ2v) is 6.65. The number of rotatable bonds is 5. The van der Waals surface area contributed by atoms with Crippen molar-refractivity contribution in [3.8, 4) is 23.1 Å². The highest BCUT2D eigenvalue weighted by Gasteiger charge is 2.31. The van der Waals surface area contributed by atoms with Crippen molar-refractivity contribution in [2.45, 2.75) is 6.18 Å². The fourth-order valence-corrected chi connectivity index (χ4v) is 2.84. The number of anilines is 1. The Morgan fingerprint density at radius 1 is 1.16 bits per heavy atom. The van der Waals surface area contributed by atoms with Crippen LogP contribution >= 0.6 is 11.6 Å². The van der Waals surface area contributed by atoms with E-state index in [2.05, 4.69) is 5.32 Å². The summed E-state index contributed by atoms with van der Waals surface area (Å²) in [6.45, 7) is 0. The van der Waals surface area contributed by atoms with Crippen LogP contribution in [0.15, 0.2) is 64.6 Å². The zero-order valence-corrected chi connectivity index (χ0v) is 16.7. The van der Waals surface area contributed by atoms with Crippen molar-refractivity contribution in [3.63, 3.8) is 0 Å². The van der Waals surface area contributed by atoms with Crippen LogP contribution in [0.25, 0.3) is 17.4 Å². The van der Waals surface area contributed by atoms with Crippen LogP contribution in [0.2, 0.25) is 5.02 Å². The molecule has 0 saturated heterocycles. The van der Waals surface area contributed by atoms with Crippen LogP contribution in [0.1, 0.15) is 11.3 Å². The van der Waals surface area contributed by atoms with E-state index in [0.717, 1.165) is 18.2 Å². The third kappa shape index (κ3) is 5.27. The third-order valence-corrected chi connectivity index (χ3v) is 4.52. The Morgan fingerprint density at radius 2 is 1.87 bits per heavy atom. The van der Waals surface area contributed by atoms with Crippen LogP contribution in [0.4, 0.5) is 18.9 Å². The number of nitrogens with one attached hydrogen (secondary N) is 1. The normalized spacial score (nSPS) is 11.7. The van der Waals surface area contributed by atoms with E-state index in [0.29, 0.717) is 11.4 Å². The lowest BCUT2D eigenvalue weighted by molar-refractivity contribution is -0.137. The maximum Gasteiger partial charge on any atom is 0.416 e. The number of carbonyl (C=O) groups excluding carboxylic acids is 1. The topological polar surface area (TPSA) is 75.3 Å². The number of carbonyl (C=O) groups is 1. The molecule has 0 saturated carbocycles. The molecular formula is C22H14ClF3N2O3. The van der Waals surface area contributed by atoms with Crippen LogP contribution in [0.3, 0.4) is 0 Å². The number of benzene rings is 2. The average Bonchev–Trinajstić information content (AvgIpc) is 3.20. The lowest BCUT2D eigenvalue weighted by atomic mass is 10.1. The highest BCUT2D eigenvalue weighted by Crippen LogP contribution is 2.36. The molecular weight excluding hydrogens is 433 g/mol. The zero-order chi connectivity index (χ0) is 22.6. The van der Waals surface area contributed by atoms with Crippen LogP contribution in [-0.4, -0.2) is 13.0 Å². The molecule has 3 rings (SSSR count). The van der Waals surface area contributed by atoms with Gasteiger partial charge in [-0.05, 0) is 54.6 Å². The largest absolute Gasteiger partial charge is 0.497 e. The van der Waals surface area contributed by atoms with Crippen molar-refractivity contribution < 1.29 is 27.1 Å². The molecule has 1 N–H and O–H groups in total. The summed E-state index contributed by atoms with van der Waals surface area (Å²) in [6.07, 6.45) is -3.36. The van der Waals surface area contributed by atoms with Gasteiger partial charge in [-0.2, -0.15) is 18.4 Å². The smallest absolute Gasteiger partial charge is 0.416 e. The Balaban J connectivity index is 1.84. The van der Waals surface area contributed by atoms with Crippen molar-refractivity contribution in [2.24, 2.45) is 0 Å². The van der Waals surface area contributed by atoms with Gasteiger partial charge in [-0.15, -0.1) is 0 Å². The van der Waals surface area contributed by atoms with E-state index in [-0.39, 0.29) is 27.7 Å². The number of halogens is 4. The minimum atomic E-state index is -4.54. The van der Waals surface area contributed by atoms with E-state index in [9.17, 15) is 23.2 Å². The Morgan fingerprint density at radius 3 is 2.48 bits per heavy atom. The quantitative estimate of drug-likeness (QED) is 0.375. The van der Waals surface area contributed by atoms with Crippen LogP contribution in [0.5, 0.6) is 5.75 Å². The molecule has 2 aromatic carbocycles. The molecule has 0 unspecified atom stereocenters. The van der Waals surface area contributed by atoms with E-state index in [1.165, 1.54) is 25.3 Å². The second-order valence-electron chi connectivity index (χ2n) is 6.25. The van der Waals surface area contributed by atoms with Crippen molar-refractivity contribution >= 4 is 29.3 Å². The Labute approximate surface area is 180 Å². The molecule has 0 bridgehead atoms. The Hall–Kier alpha value is -3.70. The van der Waals surface area contributed by atoms with Crippen molar-refractivity contribution in [1.29, 1.82) is 5.26 Å². The predicted molar refractivity (Wildman–Crippen MR) is 109 cm³/mol. The molecule has 1 aromatic heterocycles. The summed E-state index contributed by atoms with van der Waals surface area (Å²) in [6, 6.07) is 14.0. The summed E-state index contributed by atoms with van der Waals surface area (Å²) >= 11 is 6.02. The Bertz CT molecular complexity index is 1180. The first kappa shape index (κ1) is 22.0. The van der Waals surface area contributed by atoms with Gasteiger partial charge >= 0.3 is 6.18 Å². The van der Waals surface area contributed by atoms with Crippen molar-refractivity contribution in [3.05, 3.63) is 76.5 Å². The highest BCUT2D eigenvalue weighted by molar-refractivity contribution is 6.33. The first-order chi connectivity index (χ1) is 14.7. The maximum atomic E-state index is 13.0. The lowest BCUT2D eigenvalue weighted by Gasteiger charge is -2.09. The van der Waals surface area contributed by atoms with E-state index in [4.69, 9.17) is 20.8 Å². The summed E-state index contributed by atoms with van der Waals surface area (Å²) in [5.74, 6) is 0.0910. The molecule has 31 heavy (non-hydrogen) atoms. The molecule has 5 nitrogen and oxygen atoms in total. The van der Waals surface area contributed by atoms with Gasteiger partial charge in [-0.1, -0.05) is 11.6 Å². The SMILES string of the molecule is COc1ccc(NC(=O)/C(C#N)=C/c2ccc(-c3cc(C(F)(F)F)ccc3Cl)o2)cc1. The van der Waals surface area contributed by atoms with Gasteiger partial charge in [0, 0.05) is 17.3 Å². The van der Waals surface area contributed by atoms with Gasteiger partial charge in [0.1, 0.15) is 28.9 Å². The number of methoxy groups -OCH3 is 1. The summed E-state index contributed by atoms with van der Waals surface area (Å²) in [4.78, 5) is 12.4. The lowest BCUT2D eigenvalue weighted by Crippen LogP contribution is -2.13. The molecule has 0 radical (unpaired) electrons. The van der Waals surface area contributed by atoms with Gasteiger partial charge in [0.15, 0.2) is 0 Å². The predicted octanol–water partition coefficient (Wildman–Crippen LogP) is 6.17. The van der Waals surface area contributed by atoms with Gasteiger partial charge in [-0.3, -0.25) is 4.79 Å². The number of nitrogens with zero attached hydrogens (tertiary/aromatic N) is 1. The number of nitriles is 1. The molecule has 0 aliphatic carbocycles. The van der Waals surface area contributed by atoms with Gasteiger partial charge in [0.2, 0.25) is 0 Å². The maximum absolute atomic E-state index is 13.0. The van der Waals surface area contributed by atoms with Crippen molar-refractivity contribution in [2.75, 3.05) is 12.4 Å².